The Kier molecular flexibility index (Phi) is 5.93. The number of nitroso groups, excluding NO2 is 1. The molecule has 0 amide bonds. The van der Waals surface area contributed by atoms with Crippen LogP contribution in [0.25, 0.3) is 0 Å². The van der Waals surface area contributed by atoms with Gasteiger partial charge in [0.2, 0.25) is 0 Å². The van der Waals surface area contributed by atoms with Crippen LogP contribution >= 0.6 is 11.8 Å². The molecule has 18 heavy (non-hydrogen) atoms. The van der Waals surface area contributed by atoms with E-state index in [0.29, 0.717) is 25.7 Å². The Morgan fingerprint density at radius 2 is 1.94 bits per heavy atom. The molecule has 0 aromatic rings. The van der Waals surface area contributed by atoms with Gasteiger partial charge >= 0.3 is 6.18 Å². The molecule has 3 nitrogen and oxygen atoms in total. The first-order valence-corrected chi connectivity index (χ1v) is 6.91. The van der Waals surface area contributed by atoms with Gasteiger partial charge in [-0.2, -0.15) is 23.3 Å². The molecule has 0 saturated heterocycles. The van der Waals surface area contributed by atoms with Gasteiger partial charge in [0, 0.05) is 5.75 Å². The average Bonchev–Trinajstić information content (AvgIpc) is 2.34. The van der Waals surface area contributed by atoms with Gasteiger partial charge in [-0.1, -0.05) is 5.18 Å². The second-order valence-corrected chi connectivity index (χ2v) is 5.71. The second kappa shape index (κ2) is 6.98. The van der Waals surface area contributed by atoms with Gasteiger partial charge in [-0.25, -0.2) is 0 Å². The summed E-state index contributed by atoms with van der Waals surface area (Å²) in [6.45, 7) is 0. The summed E-state index contributed by atoms with van der Waals surface area (Å²) in [5, 5.41) is 11.6. The number of rotatable bonds is 5. The maximum Gasteiger partial charge on any atom is 0.389 e. The van der Waals surface area contributed by atoms with Gasteiger partial charge in [-0.15, -0.1) is 11.8 Å². The van der Waals surface area contributed by atoms with Crippen molar-refractivity contribution in [2.45, 2.75) is 49.6 Å². The summed E-state index contributed by atoms with van der Waals surface area (Å²) in [5.74, 6) is 0.0133. The lowest BCUT2D eigenvalue weighted by Crippen LogP contribution is -2.24. The average molecular weight is 280 g/mol. The van der Waals surface area contributed by atoms with E-state index in [-0.39, 0.29) is 17.7 Å². The molecule has 1 saturated carbocycles. The van der Waals surface area contributed by atoms with E-state index in [0.717, 1.165) is 11.8 Å². The zero-order valence-electron chi connectivity index (χ0n) is 9.82. The fourth-order valence-electron chi connectivity index (χ4n) is 2.09. The van der Waals surface area contributed by atoms with Gasteiger partial charge in [-0.3, -0.25) is 0 Å². The lowest BCUT2D eigenvalue weighted by molar-refractivity contribution is -0.129. The summed E-state index contributed by atoms with van der Waals surface area (Å²) in [6.07, 6.45) is -2.33. The van der Waals surface area contributed by atoms with Gasteiger partial charge in [0.25, 0.3) is 0 Å². The van der Waals surface area contributed by atoms with Gasteiger partial charge in [0.15, 0.2) is 0 Å². The molecule has 1 rings (SSSR count). The number of halogens is 3. The maximum absolute atomic E-state index is 12.0. The van der Waals surface area contributed by atoms with Crippen LogP contribution in [0.4, 0.5) is 13.2 Å². The third kappa shape index (κ3) is 5.25. The van der Waals surface area contributed by atoms with Crippen molar-refractivity contribution in [3.63, 3.8) is 0 Å². The number of thioether (sulfide) groups is 1. The molecule has 1 fully saturated rings. The summed E-state index contributed by atoms with van der Waals surface area (Å²) in [5.41, 5.74) is 0. The highest BCUT2D eigenvalue weighted by atomic mass is 32.2. The van der Waals surface area contributed by atoms with E-state index in [1.807, 2.05) is 0 Å². The summed E-state index contributed by atoms with van der Waals surface area (Å²) in [7, 11) is 0. The molecule has 0 bridgehead atoms. The molecule has 7 heteroatoms. The minimum absolute atomic E-state index is 0.0758. The Morgan fingerprint density at radius 3 is 2.39 bits per heavy atom. The highest BCUT2D eigenvalue weighted by Gasteiger charge is 2.31. The molecule has 1 atom stereocenters. The van der Waals surface area contributed by atoms with Crippen LogP contribution < -0.4 is 0 Å². The largest absolute Gasteiger partial charge is 0.389 e. The Labute approximate surface area is 108 Å². The summed E-state index contributed by atoms with van der Waals surface area (Å²) < 4.78 is 36.0. The molecule has 0 heterocycles. The van der Waals surface area contributed by atoms with Crippen molar-refractivity contribution < 1.29 is 13.2 Å². The third-order valence-corrected chi connectivity index (χ3v) is 4.42. The van der Waals surface area contributed by atoms with E-state index in [9.17, 15) is 18.1 Å². The topological polar surface area (TPSA) is 53.2 Å². The molecule has 1 aliphatic carbocycles. The Balaban J connectivity index is 2.34. The van der Waals surface area contributed by atoms with Gasteiger partial charge < -0.3 is 0 Å². The maximum atomic E-state index is 12.0. The molecule has 0 aromatic carbocycles. The molecule has 0 aliphatic heterocycles. The Bertz CT molecular complexity index is 308. The quantitative estimate of drug-likeness (QED) is 0.718. The minimum Gasteiger partial charge on any atom is -0.197 e. The lowest BCUT2D eigenvalue weighted by Gasteiger charge is -2.27. The number of hydrogen-bond donors (Lipinski definition) is 0. The van der Waals surface area contributed by atoms with Crippen molar-refractivity contribution in [2.24, 2.45) is 11.1 Å². The highest BCUT2D eigenvalue weighted by molar-refractivity contribution is 8.00. The van der Waals surface area contributed by atoms with Crippen LogP contribution in [0, 0.1) is 22.2 Å². The van der Waals surface area contributed by atoms with Crippen molar-refractivity contribution in [3.05, 3.63) is 4.91 Å². The van der Waals surface area contributed by atoms with Crippen LogP contribution in [0.5, 0.6) is 0 Å². The van der Waals surface area contributed by atoms with Crippen LogP contribution in [0.15, 0.2) is 5.18 Å². The van der Waals surface area contributed by atoms with E-state index in [2.05, 4.69) is 11.2 Å². The lowest BCUT2D eigenvalue weighted by atomic mass is 9.84. The van der Waals surface area contributed by atoms with Crippen molar-refractivity contribution in [1.82, 2.24) is 0 Å². The highest BCUT2D eigenvalue weighted by Crippen LogP contribution is 2.34. The fourth-order valence-corrected chi connectivity index (χ4v) is 3.31. The Hall–Kier alpha value is -0.770. The second-order valence-electron chi connectivity index (χ2n) is 4.46. The summed E-state index contributed by atoms with van der Waals surface area (Å²) in [4.78, 5) is 10.3. The summed E-state index contributed by atoms with van der Waals surface area (Å²) in [6, 6.07) is 1.90. The predicted octanol–water partition coefficient (Wildman–Crippen LogP) is 3.89. The smallest absolute Gasteiger partial charge is 0.197 e. The third-order valence-electron chi connectivity index (χ3n) is 3.13. The first kappa shape index (κ1) is 15.3. The molecule has 0 N–H and O–H groups in total. The molecule has 0 radical (unpaired) electrons. The molecule has 0 spiro atoms. The molecule has 1 aliphatic rings. The molecule has 1 unspecified atom stereocenters. The number of alkyl halides is 3. The first-order valence-electron chi connectivity index (χ1n) is 5.86. The molecule has 0 aromatic heterocycles. The number of nitriles is 1. The summed E-state index contributed by atoms with van der Waals surface area (Å²) >= 11 is 1.07. The van der Waals surface area contributed by atoms with Gasteiger partial charge in [0.05, 0.1) is 23.8 Å². The molecular formula is C11H15F3N2OS. The van der Waals surface area contributed by atoms with Crippen LogP contribution in [-0.4, -0.2) is 23.2 Å². The zero-order valence-corrected chi connectivity index (χ0v) is 10.6. The van der Waals surface area contributed by atoms with Crippen LogP contribution in [0.3, 0.4) is 0 Å². The van der Waals surface area contributed by atoms with Gasteiger partial charge in [-0.05, 0) is 31.6 Å². The predicted molar refractivity (Wildman–Crippen MR) is 64.1 cm³/mol. The fraction of sp³-hybridized carbons (Fsp3) is 0.909. The van der Waals surface area contributed by atoms with Crippen LogP contribution in [0.1, 0.15) is 32.1 Å². The van der Waals surface area contributed by atoms with E-state index >= 15 is 0 Å². The zero-order chi connectivity index (χ0) is 13.6. The van der Waals surface area contributed by atoms with Crippen molar-refractivity contribution in [1.29, 1.82) is 5.26 Å². The molecule has 102 valence electrons. The number of hydrogen-bond acceptors (Lipinski definition) is 4. The van der Waals surface area contributed by atoms with Gasteiger partial charge in [0.1, 0.15) is 0 Å². The van der Waals surface area contributed by atoms with E-state index < -0.39 is 17.8 Å². The van der Waals surface area contributed by atoms with Crippen molar-refractivity contribution in [3.8, 4) is 6.07 Å². The van der Waals surface area contributed by atoms with E-state index in [4.69, 9.17) is 5.26 Å². The Morgan fingerprint density at radius 1 is 1.33 bits per heavy atom. The SMILES string of the molecule is N#CC(SCCC(F)(F)F)C1CCC(N=O)CC1. The molecular weight excluding hydrogens is 265 g/mol. The van der Waals surface area contributed by atoms with E-state index in [1.165, 1.54) is 0 Å². The van der Waals surface area contributed by atoms with Crippen molar-refractivity contribution in [2.75, 3.05) is 5.75 Å². The van der Waals surface area contributed by atoms with Crippen LogP contribution in [0.2, 0.25) is 0 Å². The minimum atomic E-state index is -4.16. The van der Waals surface area contributed by atoms with E-state index in [1.54, 1.807) is 0 Å². The number of nitrogens with zero attached hydrogens (tertiary/aromatic N) is 2. The standard InChI is InChI=1S/C11H15F3N2OS/c12-11(13,14)5-6-18-10(7-15)8-1-3-9(16-17)4-2-8/h8-10H,1-6H2. The normalized spacial score (nSPS) is 26.3. The van der Waals surface area contributed by atoms with Crippen molar-refractivity contribution >= 4 is 11.8 Å². The monoisotopic (exact) mass is 280 g/mol. The van der Waals surface area contributed by atoms with Crippen LogP contribution in [-0.2, 0) is 0 Å². The first-order chi connectivity index (χ1) is 8.46.